The molecule has 0 radical (unpaired) electrons. The number of carbonyl (C=O) groups is 1. The summed E-state index contributed by atoms with van der Waals surface area (Å²) in [5, 5.41) is 10.5. The first-order chi connectivity index (χ1) is 7.72. The largest absolute Gasteiger partial charge is 0.389 e. The van der Waals surface area contributed by atoms with Crippen molar-refractivity contribution >= 4 is 11.6 Å². The first-order valence-electron chi connectivity index (χ1n) is 5.14. The summed E-state index contributed by atoms with van der Waals surface area (Å²) in [6.45, 7) is 0.139. The Labute approximate surface area is 93.4 Å². The number of aliphatic hydroxyl groups excluding tert-OH is 1. The highest BCUT2D eigenvalue weighted by atomic mass is 16.7. The molecule has 0 spiro atoms. The van der Waals surface area contributed by atoms with E-state index in [9.17, 15) is 9.90 Å². The van der Waals surface area contributed by atoms with Gasteiger partial charge in [0.1, 0.15) is 6.61 Å². The van der Waals surface area contributed by atoms with E-state index in [1.54, 1.807) is 0 Å². The Kier molecular flexibility index (Phi) is 3.19. The van der Waals surface area contributed by atoms with Gasteiger partial charge in [-0.1, -0.05) is 18.2 Å². The summed E-state index contributed by atoms with van der Waals surface area (Å²) in [5.41, 5.74) is 6.94. The molecule has 0 bridgehead atoms. The van der Waals surface area contributed by atoms with E-state index < -0.39 is 6.10 Å². The number of aliphatic hydroxyl groups is 1. The summed E-state index contributed by atoms with van der Waals surface area (Å²) in [4.78, 5) is 16.9. The fourth-order valence-corrected chi connectivity index (χ4v) is 1.60. The van der Waals surface area contributed by atoms with Gasteiger partial charge in [0.15, 0.2) is 0 Å². The zero-order valence-corrected chi connectivity index (χ0v) is 8.80. The Balaban J connectivity index is 2.07. The van der Waals surface area contributed by atoms with Crippen molar-refractivity contribution in [2.45, 2.75) is 12.5 Å². The monoisotopic (exact) mass is 222 g/mol. The molecule has 1 atom stereocenters. The van der Waals surface area contributed by atoms with E-state index in [4.69, 9.17) is 10.6 Å². The second kappa shape index (κ2) is 4.61. The SMILES string of the molecule is NCC(O)CON1C(=O)Cc2ccccc21. The van der Waals surface area contributed by atoms with Crippen molar-refractivity contribution < 1.29 is 14.7 Å². The third-order valence-corrected chi connectivity index (χ3v) is 2.45. The molecular formula is C11H14N2O3. The smallest absolute Gasteiger partial charge is 0.255 e. The number of carbonyl (C=O) groups excluding carboxylic acids is 1. The van der Waals surface area contributed by atoms with Crippen LogP contribution in [0.25, 0.3) is 0 Å². The lowest BCUT2D eigenvalue weighted by Gasteiger charge is -2.18. The van der Waals surface area contributed by atoms with Crippen molar-refractivity contribution in [3.05, 3.63) is 29.8 Å². The van der Waals surface area contributed by atoms with Gasteiger partial charge in [0.05, 0.1) is 18.2 Å². The summed E-state index contributed by atoms with van der Waals surface area (Å²) in [7, 11) is 0. The van der Waals surface area contributed by atoms with Crippen LogP contribution in [0.15, 0.2) is 24.3 Å². The van der Waals surface area contributed by atoms with Gasteiger partial charge >= 0.3 is 0 Å². The zero-order valence-electron chi connectivity index (χ0n) is 8.80. The van der Waals surface area contributed by atoms with Crippen LogP contribution in [0, 0.1) is 0 Å². The molecular weight excluding hydrogens is 208 g/mol. The standard InChI is InChI=1S/C11H14N2O3/c12-6-9(14)7-16-13-10-4-2-1-3-8(10)5-11(13)15/h1-4,9,14H,5-7,12H2. The van der Waals surface area contributed by atoms with Crippen molar-refractivity contribution in [1.82, 2.24) is 0 Å². The normalized spacial score (nSPS) is 16.4. The molecule has 2 rings (SSSR count). The van der Waals surface area contributed by atoms with Crippen LogP contribution >= 0.6 is 0 Å². The van der Waals surface area contributed by atoms with E-state index >= 15 is 0 Å². The number of hydrogen-bond donors (Lipinski definition) is 2. The molecule has 0 aliphatic carbocycles. The summed E-state index contributed by atoms with van der Waals surface area (Å²) in [5.74, 6) is -0.120. The van der Waals surface area contributed by atoms with E-state index in [-0.39, 0.29) is 19.1 Å². The van der Waals surface area contributed by atoms with Gasteiger partial charge in [0.2, 0.25) is 0 Å². The Morgan fingerprint density at radius 3 is 3.00 bits per heavy atom. The first-order valence-corrected chi connectivity index (χ1v) is 5.14. The molecule has 1 unspecified atom stereocenters. The van der Waals surface area contributed by atoms with Gasteiger partial charge in [-0.05, 0) is 11.6 Å². The second-order valence-corrected chi connectivity index (χ2v) is 3.68. The number of fused-ring (bicyclic) bond motifs is 1. The van der Waals surface area contributed by atoms with Crippen LogP contribution in [-0.2, 0) is 16.1 Å². The minimum atomic E-state index is -0.749. The molecule has 1 amide bonds. The van der Waals surface area contributed by atoms with Crippen LogP contribution in [-0.4, -0.2) is 30.3 Å². The maximum atomic E-state index is 11.6. The van der Waals surface area contributed by atoms with E-state index in [0.717, 1.165) is 11.3 Å². The molecule has 1 heterocycles. The van der Waals surface area contributed by atoms with Gasteiger partial charge in [-0.3, -0.25) is 9.63 Å². The summed E-state index contributed by atoms with van der Waals surface area (Å²) in [6.07, 6.45) is -0.407. The van der Waals surface area contributed by atoms with E-state index in [1.807, 2.05) is 24.3 Å². The number of nitrogens with two attached hydrogens (primary N) is 1. The van der Waals surface area contributed by atoms with E-state index in [1.165, 1.54) is 5.06 Å². The van der Waals surface area contributed by atoms with Crippen LogP contribution in [0.2, 0.25) is 0 Å². The molecule has 16 heavy (non-hydrogen) atoms. The highest BCUT2D eigenvalue weighted by Crippen LogP contribution is 2.28. The van der Waals surface area contributed by atoms with Gasteiger partial charge < -0.3 is 10.8 Å². The molecule has 0 saturated heterocycles. The van der Waals surface area contributed by atoms with Gasteiger partial charge in [-0.2, -0.15) is 5.06 Å². The topological polar surface area (TPSA) is 75.8 Å². The van der Waals surface area contributed by atoms with Gasteiger partial charge in [-0.25, -0.2) is 0 Å². The van der Waals surface area contributed by atoms with Crippen molar-refractivity contribution in [2.24, 2.45) is 5.73 Å². The van der Waals surface area contributed by atoms with Gasteiger partial charge in [0.25, 0.3) is 5.91 Å². The predicted molar refractivity (Wildman–Crippen MR) is 58.6 cm³/mol. The molecule has 0 aromatic heterocycles. The third-order valence-electron chi connectivity index (χ3n) is 2.45. The zero-order chi connectivity index (χ0) is 11.5. The predicted octanol–water partition coefficient (Wildman–Crippen LogP) is -0.173. The summed E-state index contributed by atoms with van der Waals surface area (Å²) < 4.78 is 0. The number of benzene rings is 1. The maximum absolute atomic E-state index is 11.6. The molecule has 0 saturated carbocycles. The number of anilines is 1. The van der Waals surface area contributed by atoms with Crippen LogP contribution < -0.4 is 10.8 Å². The number of para-hydroxylation sites is 1. The lowest BCUT2D eigenvalue weighted by molar-refractivity contribution is -0.125. The highest BCUT2D eigenvalue weighted by molar-refractivity contribution is 5.99. The fraction of sp³-hybridized carbons (Fsp3) is 0.364. The highest BCUT2D eigenvalue weighted by Gasteiger charge is 2.28. The molecule has 1 aliphatic rings. The molecule has 3 N–H and O–H groups in total. The molecule has 1 aromatic rings. The Morgan fingerprint density at radius 2 is 2.25 bits per heavy atom. The van der Waals surface area contributed by atoms with E-state index in [2.05, 4.69) is 0 Å². The van der Waals surface area contributed by atoms with Gasteiger partial charge in [-0.15, -0.1) is 0 Å². The van der Waals surface area contributed by atoms with Crippen molar-refractivity contribution in [2.75, 3.05) is 18.2 Å². The third kappa shape index (κ3) is 2.06. The maximum Gasteiger partial charge on any atom is 0.255 e. The molecule has 86 valence electrons. The molecule has 5 nitrogen and oxygen atoms in total. The van der Waals surface area contributed by atoms with E-state index in [0.29, 0.717) is 6.42 Å². The van der Waals surface area contributed by atoms with Crippen molar-refractivity contribution in [1.29, 1.82) is 0 Å². The Bertz CT molecular complexity index is 395. The fourth-order valence-electron chi connectivity index (χ4n) is 1.60. The number of rotatable bonds is 4. The van der Waals surface area contributed by atoms with Crippen LogP contribution in [0.4, 0.5) is 5.69 Å². The molecule has 0 fully saturated rings. The van der Waals surface area contributed by atoms with Crippen LogP contribution in [0.3, 0.4) is 0 Å². The second-order valence-electron chi connectivity index (χ2n) is 3.68. The Morgan fingerprint density at radius 1 is 1.50 bits per heavy atom. The molecule has 5 heteroatoms. The number of hydroxylamine groups is 1. The number of amides is 1. The number of hydrogen-bond acceptors (Lipinski definition) is 4. The average molecular weight is 222 g/mol. The van der Waals surface area contributed by atoms with Crippen LogP contribution in [0.5, 0.6) is 0 Å². The van der Waals surface area contributed by atoms with Gasteiger partial charge in [0, 0.05) is 6.54 Å². The first kappa shape index (κ1) is 11.1. The Hall–Kier alpha value is -1.43. The lowest BCUT2D eigenvalue weighted by Crippen LogP contribution is -2.33. The van der Waals surface area contributed by atoms with Crippen molar-refractivity contribution in [3.63, 3.8) is 0 Å². The summed E-state index contributed by atoms with van der Waals surface area (Å²) in [6, 6.07) is 7.42. The quantitative estimate of drug-likeness (QED) is 0.741. The van der Waals surface area contributed by atoms with Crippen molar-refractivity contribution in [3.8, 4) is 0 Å². The minimum absolute atomic E-state index is 0.0244. The minimum Gasteiger partial charge on any atom is -0.389 e. The van der Waals surface area contributed by atoms with Crippen LogP contribution in [0.1, 0.15) is 5.56 Å². The summed E-state index contributed by atoms with van der Waals surface area (Å²) >= 11 is 0. The lowest BCUT2D eigenvalue weighted by atomic mass is 10.2. The average Bonchev–Trinajstić information content (AvgIpc) is 2.62. The molecule has 1 aromatic carbocycles. The number of nitrogens with zero attached hydrogens (tertiary/aromatic N) is 1. The molecule has 1 aliphatic heterocycles.